The van der Waals surface area contributed by atoms with E-state index < -0.39 is 6.36 Å². The van der Waals surface area contributed by atoms with Gasteiger partial charge in [0.1, 0.15) is 5.75 Å². The summed E-state index contributed by atoms with van der Waals surface area (Å²) in [7, 11) is 0. The highest BCUT2D eigenvalue weighted by molar-refractivity contribution is 5.30. The van der Waals surface area contributed by atoms with E-state index in [1.165, 1.54) is 12.1 Å². The lowest BCUT2D eigenvalue weighted by Crippen LogP contribution is -2.46. The average molecular weight is 287 g/mol. The van der Waals surface area contributed by atoms with Gasteiger partial charge < -0.3 is 10.1 Å². The van der Waals surface area contributed by atoms with Crippen LogP contribution < -0.4 is 10.1 Å². The van der Waals surface area contributed by atoms with Gasteiger partial charge in [-0.2, -0.15) is 0 Å². The summed E-state index contributed by atoms with van der Waals surface area (Å²) < 4.78 is 40.7. The lowest BCUT2D eigenvalue weighted by Gasteiger charge is -2.34. The van der Waals surface area contributed by atoms with Crippen LogP contribution in [0.1, 0.15) is 32.3 Å². The Kier molecular flexibility index (Phi) is 4.28. The SMILES string of the molecule is CC(C)C1(Cc2cccc(OC(F)(F)F)c2)CCCN1. The Hall–Kier alpha value is -1.23. The van der Waals surface area contributed by atoms with Gasteiger partial charge in [-0.3, -0.25) is 0 Å². The summed E-state index contributed by atoms with van der Waals surface area (Å²) in [5.41, 5.74) is 0.853. The van der Waals surface area contributed by atoms with Crippen molar-refractivity contribution >= 4 is 0 Å². The molecule has 0 radical (unpaired) electrons. The predicted molar refractivity (Wildman–Crippen MR) is 71.6 cm³/mol. The van der Waals surface area contributed by atoms with Gasteiger partial charge in [-0.05, 0) is 49.4 Å². The first-order valence-electron chi connectivity index (χ1n) is 6.90. The zero-order valence-corrected chi connectivity index (χ0v) is 11.8. The fourth-order valence-electron chi connectivity index (χ4n) is 2.89. The van der Waals surface area contributed by atoms with E-state index in [0.717, 1.165) is 31.4 Å². The molecule has 0 amide bonds. The second kappa shape index (κ2) is 5.64. The van der Waals surface area contributed by atoms with Gasteiger partial charge in [-0.15, -0.1) is 13.2 Å². The van der Waals surface area contributed by atoms with Gasteiger partial charge in [0.15, 0.2) is 0 Å². The van der Waals surface area contributed by atoms with Crippen molar-refractivity contribution in [3.8, 4) is 5.75 Å². The molecule has 0 bridgehead atoms. The van der Waals surface area contributed by atoms with E-state index in [1.54, 1.807) is 6.07 Å². The highest BCUT2D eigenvalue weighted by Gasteiger charge is 2.36. The van der Waals surface area contributed by atoms with E-state index in [-0.39, 0.29) is 11.3 Å². The van der Waals surface area contributed by atoms with Crippen LogP contribution in [0.5, 0.6) is 5.75 Å². The van der Waals surface area contributed by atoms with Crippen molar-refractivity contribution in [2.75, 3.05) is 6.54 Å². The number of hydrogen-bond acceptors (Lipinski definition) is 2. The summed E-state index contributed by atoms with van der Waals surface area (Å²) in [5, 5.41) is 3.52. The number of benzene rings is 1. The standard InChI is InChI=1S/C15H20F3NO/c1-11(2)14(7-4-8-19-14)10-12-5-3-6-13(9-12)20-15(16,17)18/h3,5-6,9,11,19H,4,7-8,10H2,1-2H3. The molecule has 20 heavy (non-hydrogen) atoms. The van der Waals surface area contributed by atoms with Crippen molar-refractivity contribution < 1.29 is 17.9 Å². The van der Waals surface area contributed by atoms with Gasteiger partial charge in [0.25, 0.3) is 0 Å². The molecule has 2 nitrogen and oxygen atoms in total. The van der Waals surface area contributed by atoms with Crippen LogP contribution in [-0.4, -0.2) is 18.4 Å². The summed E-state index contributed by atoms with van der Waals surface area (Å²) >= 11 is 0. The molecule has 1 fully saturated rings. The molecule has 0 aromatic heterocycles. The number of ether oxygens (including phenoxy) is 1. The minimum absolute atomic E-state index is 0.0170. The first-order chi connectivity index (χ1) is 9.31. The molecule has 1 heterocycles. The van der Waals surface area contributed by atoms with Gasteiger partial charge in [0, 0.05) is 5.54 Å². The van der Waals surface area contributed by atoms with Gasteiger partial charge >= 0.3 is 6.36 Å². The maximum atomic E-state index is 12.2. The van der Waals surface area contributed by atoms with Crippen molar-refractivity contribution in [3.05, 3.63) is 29.8 Å². The molecular formula is C15H20F3NO. The van der Waals surface area contributed by atoms with Crippen LogP contribution in [0.4, 0.5) is 13.2 Å². The van der Waals surface area contributed by atoms with Crippen LogP contribution in [0.3, 0.4) is 0 Å². The minimum atomic E-state index is -4.64. The molecule has 1 N–H and O–H groups in total. The molecule has 1 aliphatic rings. The molecule has 1 saturated heterocycles. The predicted octanol–water partition coefficient (Wildman–Crippen LogP) is 3.91. The molecular weight excluding hydrogens is 267 g/mol. The minimum Gasteiger partial charge on any atom is -0.406 e. The maximum Gasteiger partial charge on any atom is 0.573 e. The Morgan fingerprint density at radius 2 is 2.10 bits per heavy atom. The molecule has 0 saturated carbocycles. The first-order valence-corrected chi connectivity index (χ1v) is 6.90. The molecule has 1 aliphatic heterocycles. The quantitative estimate of drug-likeness (QED) is 0.906. The average Bonchev–Trinajstić information content (AvgIpc) is 2.77. The highest BCUT2D eigenvalue weighted by Crippen LogP contribution is 2.32. The van der Waals surface area contributed by atoms with Crippen molar-refractivity contribution in [1.29, 1.82) is 0 Å². The van der Waals surface area contributed by atoms with Crippen molar-refractivity contribution in [3.63, 3.8) is 0 Å². The van der Waals surface area contributed by atoms with Crippen LogP contribution >= 0.6 is 0 Å². The third-order valence-electron chi connectivity index (χ3n) is 4.03. The van der Waals surface area contributed by atoms with E-state index in [0.29, 0.717) is 5.92 Å². The number of hydrogen-bond donors (Lipinski definition) is 1. The summed E-state index contributed by atoms with van der Waals surface area (Å²) in [6.07, 6.45) is -1.76. The Balaban J connectivity index is 2.15. The van der Waals surface area contributed by atoms with Crippen molar-refractivity contribution in [2.45, 2.75) is 45.0 Å². The van der Waals surface area contributed by atoms with E-state index in [2.05, 4.69) is 23.9 Å². The van der Waals surface area contributed by atoms with Crippen LogP contribution in [0.15, 0.2) is 24.3 Å². The van der Waals surface area contributed by atoms with Gasteiger partial charge in [-0.25, -0.2) is 0 Å². The number of nitrogens with one attached hydrogen (secondary N) is 1. The molecule has 5 heteroatoms. The van der Waals surface area contributed by atoms with E-state index in [9.17, 15) is 13.2 Å². The molecule has 112 valence electrons. The zero-order chi connectivity index (χ0) is 14.8. The largest absolute Gasteiger partial charge is 0.573 e. The molecule has 0 aliphatic carbocycles. The fourth-order valence-corrected chi connectivity index (χ4v) is 2.89. The molecule has 1 atom stereocenters. The molecule has 1 aromatic carbocycles. The fraction of sp³-hybridized carbons (Fsp3) is 0.600. The Morgan fingerprint density at radius 1 is 1.35 bits per heavy atom. The monoisotopic (exact) mass is 287 g/mol. The molecule has 2 rings (SSSR count). The van der Waals surface area contributed by atoms with Crippen LogP contribution in [-0.2, 0) is 6.42 Å². The van der Waals surface area contributed by atoms with Crippen molar-refractivity contribution in [1.82, 2.24) is 5.32 Å². The zero-order valence-electron chi connectivity index (χ0n) is 11.8. The molecule has 1 aromatic rings. The molecule has 0 spiro atoms. The number of halogens is 3. The van der Waals surface area contributed by atoms with Crippen LogP contribution in [0.2, 0.25) is 0 Å². The van der Waals surface area contributed by atoms with Gasteiger partial charge in [-0.1, -0.05) is 26.0 Å². The third-order valence-corrected chi connectivity index (χ3v) is 4.03. The summed E-state index contributed by atoms with van der Waals surface area (Å²) in [6, 6.07) is 6.28. The van der Waals surface area contributed by atoms with Crippen molar-refractivity contribution in [2.24, 2.45) is 5.92 Å². The topological polar surface area (TPSA) is 21.3 Å². The van der Waals surface area contributed by atoms with Crippen LogP contribution in [0, 0.1) is 5.92 Å². The number of rotatable bonds is 4. The Bertz CT molecular complexity index is 451. The smallest absolute Gasteiger partial charge is 0.406 e. The third kappa shape index (κ3) is 3.66. The second-order valence-corrected chi connectivity index (χ2v) is 5.71. The highest BCUT2D eigenvalue weighted by atomic mass is 19.4. The molecule has 1 unspecified atom stereocenters. The summed E-state index contributed by atoms with van der Waals surface area (Å²) in [6.45, 7) is 5.26. The second-order valence-electron chi connectivity index (χ2n) is 5.71. The van der Waals surface area contributed by atoms with Crippen LogP contribution in [0.25, 0.3) is 0 Å². The van der Waals surface area contributed by atoms with Gasteiger partial charge in [0.2, 0.25) is 0 Å². The number of alkyl halides is 3. The lowest BCUT2D eigenvalue weighted by atomic mass is 9.80. The maximum absolute atomic E-state index is 12.2. The normalized spacial score (nSPS) is 23.3. The Labute approximate surface area is 117 Å². The lowest BCUT2D eigenvalue weighted by molar-refractivity contribution is -0.274. The van der Waals surface area contributed by atoms with E-state index >= 15 is 0 Å². The van der Waals surface area contributed by atoms with E-state index in [4.69, 9.17) is 0 Å². The van der Waals surface area contributed by atoms with Gasteiger partial charge in [0.05, 0.1) is 0 Å². The van der Waals surface area contributed by atoms with E-state index in [1.807, 2.05) is 6.07 Å². The first kappa shape index (κ1) is 15.2. The Morgan fingerprint density at radius 3 is 2.65 bits per heavy atom. The summed E-state index contributed by atoms with van der Waals surface area (Å²) in [4.78, 5) is 0. The summed E-state index contributed by atoms with van der Waals surface area (Å²) in [5.74, 6) is 0.282.